The van der Waals surface area contributed by atoms with Gasteiger partial charge in [-0.3, -0.25) is 4.79 Å². The summed E-state index contributed by atoms with van der Waals surface area (Å²) in [6.45, 7) is 1.97. The first-order chi connectivity index (χ1) is 6.08. The van der Waals surface area contributed by atoms with Gasteiger partial charge < -0.3 is 5.11 Å². The lowest BCUT2D eigenvalue weighted by molar-refractivity contribution is -0.164. The maximum Gasteiger partial charge on any atom is 0.141 e. The molecule has 0 spiro atoms. The molecule has 0 bridgehead atoms. The molecule has 0 amide bonds. The van der Waals surface area contributed by atoms with Gasteiger partial charge in [-0.2, -0.15) is 0 Å². The number of hydrogen-bond donors (Lipinski definition) is 1. The highest BCUT2D eigenvalue weighted by molar-refractivity contribution is 5.86. The van der Waals surface area contributed by atoms with Crippen LogP contribution < -0.4 is 0 Å². The third-order valence-corrected chi connectivity index (χ3v) is 4.15. The van der Waals surface area contributed by atoms with E-state index in [1.807, 2.05) is 6.92 Å². The lowest BCUT2D eigenvalue weighted by Gasteiger charge is -2.50. The van der Waals surface area contributed by atoms with E-state index < -0.39 is 11.0 Å². The smallest absolute Gasteiger partial charge is 0.141 e. The van der Waals surface area contributed by atoms with Crippen LogP contribution in [-0.2, 0) is 4.79 Å². The average Bonchev–Trinajstić information content (AvgIpc) is 2.09. The number of carbonyl (C=O) groups excluding carboxylic acids is 1. The molecule has 2 nitrogen and oxygen atoms in total. The molecule has 0 saturated heterocycles. The predicted molar refractivity (Wildman–Crippen MR) is 50.4 cm³/mol. The summed E-state index contributed by atoms with van der Waals surface area (Å²) < 4.78 is 0. The number of aliphatic hydroxyl groups is 1. The summed E-state index contributed by atoms with van der Waals surface area (Å²) in [5, 5.41) is 10.4. The van der Waals surface area contributed by atoms with Gasteiger partial charge in [-0.1, -0.05) is 12.8 Å². The van der Waals surface area contributed by atoms with Crippen LogP contribution in [0.1, 0.15) is 51.9 Å². The second-order valence-corrected chi connectivity index (χ2v) is 4.85. The van der Waals surface area contributed by atoms with Crippen LogP contribution in [0.15, 0.2) is 0 Å². The molecular formula is C11H18O2. The minimum atomic E-state index is -0.666. The van der Waals surface area contributed by atoms with Crippen LogP contribution in [0.2, 0.25) is 0 Å². The Bertz CT molecular complexity index is 232. The first-order valence-electron chi connectivity index (χ1n) is 5.34. The summed E-state index contributed by atoms with van der Waals surface area (Å²) in [7, 11) is 0. The third kappa shape index (κ3) is 1.15. The monoisotopic (exact) mass is 182 g/mol. The van der Waals surface area contributed by atoms with E-state index in [2.05, 4.69) is 0 Å². The summed E-state index contributed by atoms with van der Waals surface area (Å²) in [6, 6.07) is 0. The number of carbonyl (C=O) groups is 1. The van der Waals surface area contributed by atoms with E-state index in [1.54, 1.807) is 0 Å². The Labute approximate surface area is 79.3 Å². The Kier molecular flexibility index (Phi) is 1.99. The highest BCUT2D eigenvalue weighted by Gasteiger charge is 2.54. The van der Waals surface area contributed by atoms with E-state index in [4.69, 9.17) is 0 Å². The molecule has 2 aliphatic rings. The third-order valence-electron chi connectivity index (χ3n) is 4.15. The van der Waals surface area contributed by atoms with E-state index in [0.717, 1.165) is 38.5 Å². The summed E-state index contributed by atoms with van der Waals surface area (Å²) in [5.41, 5.74) is -1.08. The fourth-order valence-electron chi connectivity index (χ4n) is 3.02. The Morgan fingerprint density at radius 1 is 1.15 bits per heavy atom. The van der Waals surface area contributed by atoms with Crippen LogP contribution in [0.25, 0.3) is 0 Å². The summed E-state index contributed by atoms with van der Waals surface area (Å²) in [6.07, 6.45) is 6.29. The Hall–Kier alpha value is -0.370. The van der Waals surface area contributed by atoms with Crippen molar-refractivity contribution in [3.8, 4) is 0 Å². The normalized spacial score (nSPS) is 45.8. The van der Waals surface area contributed by atoms with Crippen LogP contribution in [0, 0.1) is 5.41 Å². The molecule has 0 aromatic carbocycles. The van der Waals surface area contributed by atoms with Crippen LogP contribution in [0.4, 0.5) is 0 Å². The first kappa shape index (κ1) is 9.20. The largest absolute Gasteiger partial charge is 0.389 e. The molecule has 2 rings (SSSR count). The SMILES string of the molecule is C[C@@]12CCCC[C@]1(O)CCCC2=O. The van der Waals surface area contributed by atoms with Crippen LogP contribution in [-0.4, -0.2) is 16.5 Å². The molecule has 0 heterocycles. The topological polar surface area (TPSA) is 37.3 Å². The Morgan fingerprint density at radius 3 is 2.46 bits per heavy atom. The summed E-state index contributed by atoms with van der Waals surface area (Å²) in [4.78, 5) is 11.8. The molecule has 1 N–H and O–H groups in total. The molecule has 2 fully saturated rings. The second-order valence-electron chi connectivity index (χ2n) is 4.85. The minimum Gasteiger partial charge on any atom is -0.389 e. The molecule has 2 aliphatic carbocycles. The second kappa shape index (κ2) is 2.81. The van der Waals surface area contributed by atoms with Crippen molar-refractivity contribution in [1.29, 1.82) is 0 Å². The zero-order chi connectivity index (χ0) is 9.53. The number of rotatable bonds is 0. The van der Waals surface area contributed by atoms with Crippen LogP contribution in [0.5, 0.6) is 0 Å². The molecule has 0 aromatic heterocycles. The van der Waals surface area contributed by atoms with Crippen molar-refractivity contribution < 1.29 is 9.90 Å². The molecular weight excluding hydrogens is 164 g/mol. The van der Waals surface area contributed by atoms with Gasteiger partial charge in [-0.05, 0) is 32.6 Å². The van der Waals surface area contributed by atoms with Crippen molar-refractivity contribution in [3.05, 3.63) is 0 Å². The zero-order valence-electron chi connectivity index (χ0n) is 8.31. The summed E-state index contributed by atoms with van der Waals surface area (Å²) in [5.74, 6) is 0.293. The molecule has 2 saturated carbocycles. The van der Waals surface area contributed by atoms with Crippen molar-refractivity contribution in [2.75, 3.05) is 0 Å². The zero-order valence-corrected chi connectivity index (χ0v) is 8.31. The summed E-state index contributed by atoms with van der Waals surface area (Å²) >= 11 is 0. The fourth-order valence-corrected chi connectivity index (χ4v) is 3.02. The van der Waals surface area contributed by atoms with Gasteiger partial charge in [0.05, 0.1) is 11.0 Å². The van der Waals surface area contributed by atoms with Gasteiger partial charge in [0.25, 0.3) is 0 Å². The standard InChI is InChI=1S/C11H18O2/c1-10-6-2-3-7-11(10,13)8-4-5-9(10)12/h13H,2-8H2,1H3/t10-,11-/m0/s1. The molecule has 0 aliphatic heterocycles. The highest BCUT2D eigenvalue weighted by atomic mass is 16.3. The van der Waals surface area contributed by atoms with Crippen molar-refractivity contribution in [3.63, 3.8) is 0 Å². The molecule has 0 aromatic rings. The Morgan fingerprint density at radius 2 is 1.77 bits per heavy atom. The highest BCUT2D eigenvalue weighted by Crippen LogP contribution is 2.50. The van der Waals surface area contributed by atoms with Gasteiger partial charge in [-0.25, -0.2) is 0 Å². The predicted octanol–water partition coefficient (Wildman–Crippen LogP) is 2.05. The molecule has 2 heteroatoms. The lowest BCUT2D eigenvalue weighted by atomic mass is 9.57. The fraction of sp³-hybridized carbons (Fsp3) is 0.909. The van der Waals surface area contributed by atoms with Gasteiger partial charge in [0, 0.05) is 6.42 Å². The van der Waals surface area contributed by atoms with E-state index in [9.17, 15) is 9.90 Å². The number of hydrogen-bond acceptors (Lipinski definition) is 2. The van der Waals surface area contributed by atoms with Gasteiger partial charge in [0.15, 0.2) is 0 Å². The van der Waals surface area contributed by atoms with Crippen molar-refractivity contribution in [2.45, 2.75) is 57.5 Å². The van der Waals surface area contributed by atoms with E-state index >= 15 is 0 Å². The maximum absolute atomic E-state index is 11.8. The van der Waals surface area contributed by atoms with Gasteiger partial charge in [0.2, 0.25) is 0 Å². The van der Waals surface area contributed by atoms with Gasteiger partial charge >= 0.3 is 0 Å². The average molecular weight is 182 g/mol. The van der Waals surface area contributed by atoms with Gasteiger partial charge in [-0.15, -0.1) is 0 Å². The molecule has 2 atom stereocenters. The molecule has 0 radical (unpaired) electrons. The number of fused-ring (bicyclic) bond motifs is 1. The van der Waals surface area contributed by atoms with Crippen molar-refractivity contribution >= 4 is 5.78 Å². The van der Waals surface area contributed by atoms with E-state index in [1.165, 1.54) is 0 Å². The van der Waals surface area contributed by atoms with Crippen molar-refractivity contribution in [1.82, 2.24) is 0 Å². The number of Topliss-reactive ketones (excluding diaryl/α,β-unsaturated/α-hetero) is 1. The molecule has 0 unspecified atom stereocenters. The lowest BCUT2D eigenvalue weighted by Crippen LogP contribution is -2.55. The van der Waals surface area contributed by atoms with Gasteiger partial charge in [0.1, 0.15) is 5.78 Å². The molecule has 74 valence electrons. The maximum atomic E-state index is 11.8. The molecule has 13 heavy (non-hydrogen) atoms. The Balaban J connectivity index is 2.32. The van der Waals surface area contributed by atoms with E-state index in [0.29, 0.717) is 12.2 Å². The quantitative estimate of drug-likeness (QED) is 0.622. The van der Waals surface area contributed by atoms with E-state index in [-0.39, 0.29) is 0 Å². The minimum absolute atomic E-state index is 0.293. The van der Waals surface area contributed by atoms with Crippen LogP contribution >= 0.6 is 0 Å². The first-order valence-corrected chi connectivity index (χ1v) is 5.34. The van der Waals surface area contributed by atoms with Crippen molar-refractivity contribution in [2.24, 2.45) is 5.41 Å². The number of ketones is 1. The van der Waals surface area contributed by atoms with Crippen LogP contribution in [0.3, 0.4) is 0 Å².